The number of thiophene rings is 1. The Morgan fingerprint density at radius 3 is 2.52 bits per heavy atom. The highest BCUT2D eigenvalue weighted by Gasteiger charge is 2.18. The Morgan fingerprint density at radius 1 is 1.00 bits per heavy atom. The molecule has 0 radical (unpaired) electrons. The van der Waals surface area contributed by atoms with E-state index in [2.05, 4.69) is 48.3 Å². The lowest BCUT2D eigenvalue weighted by Gasteiger charge is -2.10. The van der Waals surface area contributed by atoms with Gasteiger partial charge in [0.15, 0.2) is 5.16 Å². The van der Waals surface area contributed by atoms with Crippen molar-refractivity contribution in [3.63, 3.8) is 0 Å². The van der Waals surface area contributed by atoms with Crippen LogP contribution in [-0.2, 0) is 12.3 Å². The number of aromatic nitrogens is 4. The van der Waals surface area contributed by atoms with Crippen LogP contribution in [0.15, 0.2) is 69.9 Å². The zero-order chi connectivity index (χ0) is 22.8. The van der Waals surface area contributed by atoms with Gasteiger partial charge in [0.1, 0.15) is 10.4 Å². The fourth-order valence-corrected chi connectivity index (χ4v) is 5.38. The molecule has 6 nitrogen and oxygen atoms in total. The minimum Gasteiger partial charge on any atom is -0.494 e. The predicted octanol–water partition coefficient (Wildman–Crippen LogP) is 5.54. The normalized spacial score (nSPS) is 11.5. The summed E-state index contributed by atoms with van der Waals surface area (Å²) in [5, 5.41) is 11.6. The smallest absolute Gasteiger partial charge is 0.273 e. The van der Waals surface area contributed by atoms with Gasteiger partial charge in [0.05, 0.1) is 18.7 Å². The van der Waals surface area contributed by atoms with Gasteiger partial charge in [-0.2, -0.15) is 0 Å². The summed E-state index contributed by atoms with van der Waals surface area (Å²) in [7, 11) is 0. The van der Waals surface area contributed by atoms with E-state index in [1.54, 1.807) is 16.3 Å². The van der Waals surface area contributed by atoms with Gasteiger partial charge >= 0.3 is 0 Å². The largest absolute Gasteiger partial charge is 0.494 e. The number of nitrogens with zero attached hydrogens (tertiary/aromatic N) is 4. The summed E-state index contributed by atoms with van der Waals surface area (Å²) in [6.45, 7) is 5.28. The number of thioether (sulfide) groups is 1. The summed E-state index contributed by atoms with van der Waals surface area (Å²) in [4.78, 5) is 13.3. The van der Waals surface area contributed by atoms with Crippen LogP contribution in [0, 0.1) is 6.92 Å². The van der Waals surface area contributed by atoms with Crippen molar-refractivity contribution >= 4 is 39.1 Å². The molecule has 0 aliphatic heterocycles. The summed E-state index contributed by atoms with van der Waals surface area (Å²) in [5.41, 5.74) is 4.29. The average Bonchev–Trinajstić information content (AvgIpc) is 3.48. The quantitative estimate of drug-likeness (QED) is 0.275. The van der Waals surface area contributed by atoms with Crippen molar-refractivity contribution in [3.05, 3.63) is 87.0 Å². The SMILES string of the molecule is CCCOc1ccc(Cn2c(=O)c3sccc3n3c(SCc4ccc(C)cc4)nnc23)cc1. The van der Waals surface area contributed by atoms with Crippen LogP contribution in [0.1, 0.15) is 30.0 Å². The van der Waals surface area contributed by atoms with Gasteiger partial charge in [0, 0.05) is 5.75 Å². The predicted molar refractivity (Wildman–Crippen MR) is 135 cm³/mol. The van der Waals surface area contributed by atoms with Gasteiger partial charge in [0.2, 0.25) is 5.78 Å². The first-order chi connectivity index (χ1) is 16.1. The molecule has 0 bridgehead atoms. The fraction of sp³-hybridized carbons (Fsp3) is 0.240. The maximum Gasteiger partial charge on any atom is 0.273 e. The Bertz CT molecular complexity index is 1450. The van der Waals surface area contributed by atoms with Gasteiger partial charge in [0.25, 0.3) is 5.56 Å². The van der Waals surface area contributed by atoms with E-state index in [4.69, 9.17) is 4.74 Å². The first-order valence-corrected chi connectivity index (χ1v) is 12.8. The summed E-state index contributed by atoms with van der Waals surface area (Å²) < 4.78 is 10.1. The third kappa shape index (κ3) is 4.41. The van der Waals surface area contributed by atoms with Crippen molar-refractivity contribution in [2.24, 2.45) is 0 Å². The van der Waals surface area contributed by atoms with E-state index >= 15 is 0 Å². The van der Waals surface area contributed by atoms with E-state index in [9.17, 15) is 4.79 Å². The third-order valence-electron chi connectivity index (χ3n) is 5.41. The zero-order valence-electron chi connectivity index (χ0n) is 18.5. The van der Waals surface area contributed by atoms with Crippen LogP contribution < -0.4 is 10.3 Å². The fourth-order valence-electron chi connectivity index (χ4n) is 3.66. The molecule has 0 fully saturated rings. The molecule has 33 heavy (non-hydrogen) atoms. The molecule has 5 rings (SSSR count). The molecule has 0 saturated carbocycles. The minimum atomic E-state index is -0.0405. The molecule has 0 atom stereocenters. The lowest BCUT2D eigenvalue weighted by atomic mass is 10.2. The molecule has 2 aromatic carbocycles. The van der Waals surface area contributed by atoms with Crippen molar-refractivity contribution in [3.8, 4) is 5.75 Å². The monoisotopic (exact) mass is 476 g/mol. The number of fused-ring (bicyclic) bond motifs is 3. The highest BCUT2D eigenvalue weighted by atomic mass is 32.2. The van der Waals surface area contributed by atoms with Crippen LogP contribution in [0.3, 0.4) is 0 Å². The van der Waals surface area contributed by atoms with Crippen LogP contribution in [0.4, 0.5) is 0 Å². The molecule has 0 saturated heterocycles. The van der Waals surface area contributed by atoms with Crippen molar-refractivity contribution in [1.82, 2.24) is 19.2 Å². The van der Waals surface area contributed by atoms with E-state index in [0.717, 1.165) is 34.2 Å². The molecule has 0 amide bonds. The Kier molecular flexibility index (Phi) is 6.20. The summed E-state index contributed by atoms with van der Waals surface area (Å²) in [6.07, 6.45) is 0.965. The zero-order valence-corrected chi connectivity index (χ0v) is 20.2. The highest BCUT2D eigenvalue weighted by molar-refractivity contribution is 7.98. The number of ether oxygens (including phenoxy) is 1. The minimum absolute atomic E-state index is 0.0405. The van der Waals surface area contributed by atoms with Crippen LogP contribution >= 0.6 is 23.1 Å². The number of hydrogen-bond donors (Lipinski definition) is 0. The second-order valence-electron chi connectivity index (χ2n) is 7.91. The molecule has 3 aromatic heterocycles. The van der Waals surface area contributed by atoms with Crippen LogP contribution in [-0.4, -0.2) is 25.8 Å². The molecule has 5 aromatic rings. The molecule has 168 valence electrons. The van der Waals surface area contributed by atoms with Gasteiger partial charge in [-0.1, -0.05) is 60.6 Å². The van der Waals surface area contributed by atoms with Crippen LogP contribution in [0.2, 0.25) is 0 Å². The van der Waals surface area contributed by atoms with Gasteiger partial charge in [-0.15, -0.1) is 21.5 Å². The molecule has 0 unspecified atom stereocenters. The molecule has 8 heteroatoms. The molecule has 3 heterocycles. The first-order valence-electron chi connectivity index (χ1n) is 10.9. The molecule has 0 aliphatic carbocycles. The standard InChI is InChI=1S/C25H24N4O2S2/c1-3-13-31-20-10-8-18(9-11-20)15-28-23(30)22-21(12-14-32-22)29-24(28)26-27-25(29)33-16-19-6-4-17(2)5-7-19/h4-12,14H,3,13,15-16H2,1-2H3. The van der Waals surface area contributed by atoms with Gasteiger partial charge < -0.3 is 4.74 Å². The van der Waals surface area contributed by atoms with E-state index < -0.39 is 0 Å². The van der Waals surface area contributed by atoms with Crippen molar-refractivity contribution < 1.29 is 4.74 Å². The van der Waals surface area contributed by atoms with Crippen molar-refractivity contribution in [2.75, 3.05) is 6.61 Å². The maximum absolute atomic E-state index is 13.3. The topological polar surface area (TPSA) is 61.4 Å². The van der Waals surface area contributed by atoms with Crippen molar-refractivity contribution in [2.45, 2.75) is 37.7 Å². The molecule has 0 spiro atoms. The Hall–Kier alpha value is -3.10. The maximum atomic E-state index is 13.3. The molecule has 0 N–H and O–H groups in total. The van der Waals surface area contributed by atoms with E-state index in [1.807, 2.05) is 40.1 Å². The lowest BCUT2D eigenvalue weighted by Crippen LogP contribution is -2.23. The van der Waals surface area contributed by atoms with E-state index in [1.165, 1.54) is 22.5 Å². The second-order valence-corrected chi connectivity index (χ2v) is 9.77. The van der Waals surface area contributed by atoms with Crippen molar-refractivity contribution in [1.29, 1.82) is 0 Å². The highest BCUT2D eigenvalue weighted by Crippen LogP contribution is 2.27. The number of rotatable bonds is 8. The molecular formula is C25H24N4O2S2. The summed E-state index contributed by atoms with van der Waals surface area (Å²) >= 11 is 3.08. The Labute approximate surface area is 199 Å². The summed E-state index contributed by atoms with van der Waals surface area (Å²) in [6, 6.07) is 18.4. The number of aryl methyl sites for hydroxylation is 1. The summed E-state index contributed by atoms with van der Waals surface area (Å²) in [5.74, 6) is 2.18. The van der Waals surface area contributed by atoms with E-state index in [0.29, 0.717) is 23.6 Å². The van der Waals surface area contributed by atoms with Crippen LogP contribution in [0.25, 0.3) is 16.0 Å². The lowest BCUT2D eigenvalue weighted by molar-refractivity contribution is 0.317. The third-order valence-corrected chi connectivity index (χ3v) is 7.30. The van der Waals surface area contributed by atoms with Crippen LogP contribution in [0.5, 0.6) is 5.75 Å². The Morgan fingerprint density at radius 2 is 1.76 bits per heavy atom. The van der Waals surface area contributed by atoms with Gasteiger partial charge in [-0.05, 0) is 48.1 Å². The molecule has 0 aliphatic rings. The average molecular weight is 477 g/mol. The van der Waals surface area contributed by atoms with E-state index in [-0.39, 0.29) is 5.56 Å². The molecular weight excluding hydrogens is 452 g/mol. The Balaban J connectivity index is 1.50. The van der Waals surface area contributed by atoms with Gasteiger partial charge in [-0.25, -0.2) is 0 Å². The first kappa shape index (κ1) is 21.7. The second kappa shape index (κ2) is 9.41. The van der Waals surface area contributed by atoms with Gasteiger partial charge in [-0.3, -0.25) is 13.8 Å². The number of benzene rings is 2. The number of hydrogen-bond acceptors (Lipinski definition) is 6.